The number of benzene rings is 3. The fourth-order valence-electron chi connectivity index (χ4n) is 3.99. The Morgan fingerprint density at radius 3 is 2.53 bits per heavy atom. The second-order valence-electron chi connectivity index (χ2n) is 7.79. The fraction of sp³-hybridized carbons (Fsp3) is 0.214. The number of rotatable bonds is 9. The molecule has 34 heavy (non-hydrogen) atoms. The number of hydrogen-bond donors (Lipinski definition) is 0. The van der Waals surface area contributed by atoms with Crippen LogP contribution in [0.25, 0.3) is 16.8 Å². The van der Waals surface area contributed by atoms with Crippen LogP contribution in [0.1, 0.15) is 30.5 Å². The molecule has 0 N–H and O–H groups in total. The summed E-state index contributed by atoms with van der Waals surface area (Å²) in [6.07, 6.45) is 4.12. The van der Waals surface area contributed by atoms with E-state index in [-0.39, 0.29) is 11.1 Å². The molecule has 2 amide bonds. The van der Waals surface area contributed by atoms with Gasteiger partial charge in [0.05, 0.1) is 11.5 Å². The highest BCUT2D eigenvalue weighted by atomic mass is 32.2. The molecule has 4 rings (SSSR count). The van der Waals surface area contributed by atoms with Crippen molar-refractivity contribution in [3.05, 3.63) is 88.8 Å². The average Bonchev–Trinajstić information content (AvgIpc) is 3.10. The Labute approximate surface area is 204 Å². The lowest BCUT2D eigenvalue weighted by molar-refractivity contribution is -0.122. The van der Waals surface area contributed by atoms with Crippen molar-refractivity contribution in [2.75, 3.05) is 13.2 Å². The second kappa shape index (κ2) is 10.6. The Hall–Kier alpha value is -3.51. The number of imide groups is 1. The average molecular weight is 474 g/mol. The van der Waals surface area contributed by atoms with Crippen LogP contribution in [-0.4, -0.2) is 29.2 Å². The summed E-state index contributed by atoms with van der Waals surface area (Å²) in [6.45, 7) is 8.80. The molecule has 0 aromatic heterocycles. The SMILES string of the molecule is C=CCc1cc(/C=C2/SC(=O)N(CC)C2=O)cc(OCC)c1OCc1cccc2ccccc12. The molecule has 0 aliphatic carbocycles. The van der Waals surface area contributed by atoms with Gasteiger partial charge in [0.1, 0.15) is 6.61 Å². The van der Waals surface area contributed by atoms with E-state index in [0.29, 0.717) is 42.6 Å². The zero-order chi connectivity index (χ0) is 24.1. The molecule has 0 spiro atoms. The van der Waals surface area contributed by atoms with Gasteiger partial charge < -0.3 is 9.47 Å². The van der Waals surface area contributed by atoms with Crippen LogP contribution >= 0.6 is 11.8 Å². The van der Waals surface area contributed by atoms with Gasteiger partial charge in [-0.1, -0.05) is 48.5 Å². The maximum atomic E-state index is 12.5. The molecule has 1 saturated heterocycles. The third-order valence-corrected chi connectivity index (χ3v) is 6.47. The van der Waals surface area contributed by atoms with Gasteiger partial charge in [-0.2, -0.15) is 0 Å². The fourth-order valence-corrected chi connectivity index (χ4v) is 4.90. The first-order valence-electron chi connectivity index (χ1n) is 11.3. The predicted molar refractivity (Wildman–Crippen MR) is 138 cm³/mol. The maximum absolute atomic E-state index is 12.5. The largest absolute Gasteiger partial charge is 0.490 e. The van der Waals surface area contributed by atoms with Crippen molar-refractivity contribution in [3.8, 4) is 11.5 Å². The molecule has 0 bridgehead atoms. The molecule has 5 nitrogen and oxygen atoms in total. The number of hydrogen-bond acceptors (Lipinski definition) is 5. The third-order valence-electron chi connectivity index (χ3n) is 5.56. The van der Waals surface area contributed by atoms with E-state index in [2.05, 4.69) is 30.8 Å². The number of allylic oxidation sites excluding steroid dienone is 1. The summed E-state index contributed by atoms with van der Waals surface area (Å²) in [5, 5.41) is 2.07. The van der Waals surface area contributed by atoms with E-state index in [1.807, 2.05) is 43.3 Å². The van der Waals surface area contributed by atoms with E-state index in [4.69, 9.17) is 9.47 Å². The zero-order valence-electron chi connectivity index (χ0n) is 19.4. The topological polar surface area (TPSA) is 55.8 Å². The number of fused-ring (bicyclic) bond motifs is 1. The summed E-state index contributed by atoms with van der Waals surface area (Å²) in [4.78, 5) is 26.3. The maximum Gasteiger partial charge on any atom is 0.293 e. The molecule has 0 radical (unpaired) electrons. The number of nitrogens with zero attached hydrogens (tertiary/aromatic N) is 1. The first kappa shape index (κ1) is 23.6. The summed E-state index contributed by atoms with van der Waals surface area (Å²) >= 11 is 0.959. The van der Waals surface area contributed by atoms with Crippen LogP contribution in [0, 0.1) is 0 Å². The van der Waals surface area contributed by atoms with E-state index in [1.54, 1.807) is 13.0 Å². The Kier molecular flexibility index (Phi) is 7.38. The highest BCUT2D eigenvalue weighted by Gasteiger charge is 2.33. The Morgan fingerprint density at radius 2 is 1.79 bits per heavy atom. The van der Waals surface area contributed by atoms with Crippen molar-refractivity contribution in [2.45, 2.75) is 26.9 Å². The summed E-state index contributed by atoms with van der Waals surface area (Å²) in [7, 11) is 0. The summed E-state index contributed by atoms with van der Waals surface area (Å²) in [5.74, 6) is 0.994. The van der Waals surface area contributed by atoms with Gasteiger partial charge in [0.25, 0.3) is 11.1 Å². The van der Waals surface area contributed by atoms with Gasteiger partial charge in [0.2, 0.25) is 0 Å². The van der Waals surface area contributed by atoms with Crippen LogP contribution in [0.5, 0.6) is 11.5 Å². The highest BCUT2D eigenvalue weighted by molar-refractivity contribution is 8.18. The zero-order valence-corrected chi connectivity index (χ0v) is 20.2. The molecule has 3 aromatic carbocycles. The molecule has 6 heteroatoms. The Morgan fingerprint density at radius 1 is 1.00 bits per heavy atom. The normalized spacial score (nSPS) is 14.8. The minimum Gasteiger partial charge on any atom is -0.490 e. The molecule has 1 fully saturated rings. The van der Waals surface area contributed by atoms with Crippen molar-refractivity contribution in [1.29, 1.82) is 0 Å². The smallest absolute Gasteiger partial charge is 0.293 e. The quantitative estimate of drug-likeness (QED) is 0.259. The van der Waals surface area contributed by atoms with E-state index >= 15 is 0 Å². The van der Waals surface area contributed by atoms with Crippen LogP contribution in [0.3, 0.4) is 0 Å². The summed E-state index contributed by atoms with van der Waals surface area (Å²) in [6, 6.07) is 18.2. The van der Waals surface area contributed by atoms with Crippen molar-refractivity contribution < 1.29 is 19.1 Å². The van der Waals surface area contributed by atoms with Crippen LogP contribution in [0.2, 0.25) is 0 Å². The van der Waals surface area contributed by atoms with Gasteiger partial charge in [0.15, 0.2) is 11.5 Å². The van der Waals surface area contributed by atoms with E-state index in [0.717, 1.165) is 39.2 Å². The molecule has 174 valence electrons. The molecule has 0 unspecified atom stereocenters. The minimum atomic E-state index is -0.267. The van der Waals surface area contributed by atoms with Gasteiger partial charge in [0, 0.05) is 12.1 Å². The number of likely N-dealkylation sites (N-methyl/N-ethyl adjacent to an activating group) is 1. The van der Waals surface area contributed by atoms with Crippen molar-refractivity contribution in [3.63, 3.8) is 0 Å². The van der Waals surface area contributed by atoms with Crippen LogP contribution < -0.4 is 9.47 Å². The van der Waals surface area contributed by atoms with Crippen LogP contribution in [-0.2, 0) is 17.8 Å². The van der Waals surface area contributed by atoms with E-state index < -0.39 is 0 Å². The predicted octanol–water partition coefficient (Wildman–Crippen LogP) is 6.60. The molecular weight excluding hydrogens is 446 g/mol. The molecule has 1 aliphatic heterocycles. The molecule has 1 aliphatic rings. The first-order valence-corrected chi connectivity index (χ1v) is 12.1. The van der Waals surface area contributed by atoms with Crippen molar-refractivity contribution in [2.24, 2.45) is 0 Å². The number of carbonyl (C=O) groups is 2. The van der Waals surface area contributed by atoms with Gasteiger partial charge >= 0.3 is 0 Å². The standard InChI is InChI=1S/C28H27NO4S/c1-4-10-21-15-19(17-25-27(30)29(5-2)28(31)34-25)16-24(32-6-3)26(21)33-18-22-13-9-12-20-11-7-8-14-23(20)22/h4,7-9,11-17H,1,5-6,10,18H2,2-3H3/b25-17+. The molecule has 1 heterocycles. The van der Waals surface area contributed by atoms with Gasteiger partial charge in [-0.25, -0.2) is 0 Å². The lowest BCUT2D eigenvalue weighted by Gasteiger charge is -2.17. The Bertz CT molecular complexity index is 1280. The first-order chi connectivity index (χ1) is 16.5. The third kappa shape index (κ3) is 4.87. The van der Waals surface area contributed by atoms with Crippen molar-refractivity contribution in [1.82, 2.24) is 4.90 Å². The van der Waals surface area contributed by atoms with Crippen LogP contribution in [0.15, 0.2) is 72.2 Å². The summed E-state index contributed by atoms with van der Waals surface area (Å²) in [5.41, 5.74) is 2.77. The Balaban J connectivity index is 1.69. The minimum absolute atomic E-state index is 0.245. The second-order valence-corrected chi connectivity index (χ2v) is 8.78. The summed E-state index contributed by atoms with van der Waals surface area (Å²) < 4.78 is 12.3. The van der Waals surface area contributed by atoms with Crippen LogP contribution in [0.4, 0.5) is 4.79 Å². The molecule has 0 saturated carbocycles. The number of carbonyl (C=O) groups excluding carboxylic acids is 2. The number of ether oxygens (including phenoxy) is 2. The lowest BCUT2D eigenvalue weighted by Crippen LogP contribution is -2.27. The highest BCUT2D eigenvalue weighted by Crippen LogP contribution is 2.38. The molecule has 0 atom stereocenters. The van der Waals surface area contributed by atoms with E-state index in [1.165, 1.54) is 4.90 Å². The lowest BCUT2D eigenvalue weighted by atomic mass is 10.0. The van der Waals surface area contributed by atoms with E-state index in [9.17, 15) is 9.59 Å². The van der Waals surface area contributed by atoms with Gasteiger partial charge in [-0.3, -0.25) is 14.5 Å². The number of amides is 2. The molecular formula is C28H27NO4S. The van der Waals surface area contributed by atoms with Crippen molar-refractivity contribution >= 4 is 39.8 Å². The molecule has 3 aromatic rings. The monoisotopic (exact) mass is 473 g/mol. The number of thioether (sulfide) groups is 1. The van der Waals surface area contributed by atoms with Gasteiger partial charge in [-0.05, 0) is 72.1 Å². The van der Waals surface area contributed by atoms with Gasteiger partial charge in [-0.15, -0.1) is 6.58 Å².